The minimum Gasteiger partial charge on any atom is -0.496 e. The van der Waals surface area contributed by atoms with Crippen molar-refractivity contribution in [2.24, 2.45) is 5.73 Å². The van der Waals surface area contributed by atoms with Gasteiger partial charge in [0.15, 0.2) is 0 Å². The maximum Gasteiger partial charge on any atom is 0.123 e. The second-order valence-corrected chi connectivity index (χ2v) is 4.87. The maximum absolute atomic E-state index is 5.79. The number of hydrogen-bond donors (Lipinski definition) is 1. The molecule has 0 heterocycles. The Labute approximate surface area is 120 Å². The third-order valence-corrected chi connectivity index (χ3v) is 3.55. The van der Waals surface area contributed by atoms with Crippen LogP contribution in [0.3, 0.4) is 0 Å². The number of nitrogens with two attached hydrogens (primary N) is 1. The van der Waals surface area contributed by atoms with E-state index < -0.39 is 0 Å². The van der Waals surface area contributed by atoms with Crippen LogP contribution in [0.1, 0.15) is 16.7 Å². The van der Waals surface area contributed by atoms with Crippen molar-refractivity contribution >= 4 is 0 Å². The summed E-state index contributed by atoms with van der Waals surface area (Å²) in [5.41, 5.74) is 11.4. The van der Waals surface area contributed by atoms with Gasteiger partial charge in [0.2, 0.25) is 0 Å². The SMILES string of the molecule is COc1cc(C)c(-c2ccc(OC)c(CN)c2)cc1C. The van der Waals surface area contributed by atoms with Gasteiger partial charge in [-0.05, 0) is 60.4 Å². The molecule has 0 aromatic heterocycles. The number of rotatable bonds is 4. The number of ether oxygens (including phenoxy) is 2. The highest BCUT2D eigenvalue weighted by Gasteiger charge is 2.09. The molecule has 106 valence electrons. The average molecular weight is 271 g/mol. The molecule has 20 heavy (non-hydrogen) atoms. The molecule has 3 heteroatoms. The maximum atomic E-state index is 5.79. The van der Waals surface area contributed by atoms with E-state index in [4.69, 9.17) is 15.2 Å². The van der Waals surface area contributed by atoms with Crippen LogP contribution in [0.25, 0.3) is 11.1 Å². The molecule has 2 aromatic rings. The Hall–Kier alpha value is -2.00. The van der Waals surface area contributed by atoms with Crippen molar-refractivity contribution in [2.75, 3.05) is 14.2 Å². The summed E-state index contributed by atoms with van der Waals surface area (Å²) in [7, 11) is 3.36. The molecular formula is C17H21NO2. The highest BCUT2D eigenvalue weighted by atomic mass is 16.5. The monoisotopic (exact) mass is 271 g/mol. The second-order valence-electron chi connectivity index (χ2n) is 4.87. The summed E-state index contributed by atoms with van der Waals surface area (Å²) in [6.07, 6.45) is 0. The summed E-state index contributed by atoms with van der Waals surface area (Å²) >= 11 is 0. The molecule has 0 radical (unpaired) electrons. The highest BCUT2D eigenvalue weighted by Crippen LogP contribution is 2.32. The van der Waals surface area contributed by atoms with E-state index in [1.165, 1.54) is 11.1 Å². The first kappa shape index (κ1) is 14.4. The third kappa shape index (κ3) is 2.63. The highest BCUT2D eigenvalue weighted by molar-refractivity contribution is 5.71. The van der Waals surface area contributed by atoms with E-state index in [9.17, 15) is 0 Å². The lowest BCUT2D eigenvalue weighted by Crippen LogP contribution is -2.00. The lowest BCUT2D eigenvalue weighted by atomic mass is 9.96. The summed E-state index contributed by atoms with van der Waals surface area (Å²) in [5.74, 6) is 1.75. The summed E-state index contributed by atoms with van der Waals surface area (Å²) in [6, 6.07) is 10.3. The van der Waals surface area contributed by atoms with Crippen molar-refractivity contribution in [3.8, 4) is 22.6 Å². The Kier molecular flexibility index (Phi) is 4.30. The fourth-order valence-electron chi connectivity index (χ4n) is 2.43. The third-order valence-electron chi connectivity index (χ3n) is 3.55. The van der Waals surface area contributed by atoms with Crippen LogP contribution >= 0.6 is 0 Å². The van der Waals surface area contributed by atoms with Crippen molar-refractivity contribution in [3.05, 3.63) is 47.0 Å². The van der Waals surface area contributed by atoms with E-state index in [1.807, 2.05) is 6.07 Å². The minimum atomic E-state index is 0.463. The Morgan fingerprint density at radius 2 is 1.60 bits per heavy atom. The van der Waals surface area contributed by atoms with Gasteiger partial charge in [-0.25, -0.2) is 0 Å². The van der Waals surface area contributed by atoms with Gasteiger partial charge < -0.3 is 15.2 Å². The lowest BCUT2D eigenvalue weighted by molar-refractivity contribution is 0.410. The predicted octanol–water partition coefficient (Wildman–Crippen LogP) is 3.45. The topological polar surface area (TPSA) is 44.5 Å². The second kappa shape index (κ2) is 5.97. The van der Waals surface area contributed by atoms with Crippen molar-refractivity contribution in [2.45, 2.75) is 20.4 Å². The molecule has 0 bridgehead atoms. The molecule has 2 rings (SSSR count). The van der Waals surface area contributed by atoms with E-state index in [-0.39, 0.29) is 0 Å². The molecule has 0 aliphatic heterocycles. The first-order valence-corrected chi connectivity index (χ1v) is 6.63. The van der Waals surface area contributed by atoms with Gasteiger partial charge in [0.25, 0.3) is 0 Å². The molecule has 0 amide bonds. The van der Waals surface area contributed by atoms with Crippen LogP contribution in [0.5, 0.6) is 11.5 Å². The Bertz CT molecular complexity index is 621. The molecule has 0 unspecified atom stereocenters. The number of hydrogen-bond acceptors (Lipinski definition) is 3. The lowest BCUT2D eigenvalue weighted by Gasteiger charge is -2.14. The quantitative estimate of drug-likeness (QED) is 0.926. The van der Waals surface area contributed by atoms with Crippen LogP contribution in [-0.2, 0) is 6.54 Å². The largest absolute Gasteiger partial charge is 0.496 e. The van der Waals surface area contributed by atoms with E-state index in [0.717, 1.165) is 28.2 Å². The van der Waals surface area contributed by atoms with Crippen LogP contribution in [0.2, 0.25) is 0 Å². The van der Waals surface area contributed by atoms with Gasteiger partial charge >= 0.3 is 0 Å². The molecule has 0 spiro atoms. The fraction of sp³-hybridized carbons (Fsp3) is 0.294. The van der Waals surface area contributed by atoms with Crippen molar-refractivity contribution in [1.29, 1.82) is 0 Å². The van der Waals surface area contributed by atoms with Gasteiger partial charge in [-0.2, -0.15) is 0 Å². The Balaban J connectivity index is 2.54. The van der Waals surface area contributed by atoms with E-state index in [0.29, 0.717) is 6.54 Å². The smallest absolute Gasteiger partial charge is 0.123 e. The summed E-state index contributed by atoms with van der Waals surface area (Å²) in [6.45, 7) is 4.60. The molecule has 0 aliphatic rings. The normalized spacial score (nSPS) is 10.4. The molecule has 2 aromatic carbocycles. The summed E-state index contributed by atoms with van der Waals surface area (Å²) < 4.78 is 10.7. The van der Waals surface area contributed by atoms with Crippen LogP contribution < -0.4 is 15.2 Å². The standard InChI is InChI=1S/C17H21NO2/c1-11-8-17(20-4)12(2)7-15(11)13-5-6-16(19-3)14(9-13)10-18/h5-9H,10,18H2,1-4H3. The van der Waals surface area contributed by atoms with Crippen molar-refractivity contribution < 1.29 is 9.47 Å². The average Bonchev–Trinajstić information content (AvgIpc) is 2.48. The molecule has 0 atom stereocenters. The summed E-state index contributed by atoms with van der Waals surface area (Å²) in [5, 5.41) is 0. The van der Waals surface area contributed by atoms with Crippen LogP contribution in [0.15, 0.2) is 30.3 Å². The number of benzene rings is 2. The Morgan fingerprint density at radius 3 is 2.20 bits per heavy atom. The van der Waals surface area contributed by atoms with E-state index in [2.05, 4.69) is 38.1 Å². The van der Waals surface area contributed by atoms with Crippen LogP contribution in [-0.4, -0.2) is 14.2 Å². The zero-order chi connectivity index (χ0) is 14.7. The molecule has 0 aliphatic carbocycles. The molecular weight excluding hydrogens is 250 g/mol. The van der Waals surface area contributed by atoms with Gasteiger partial charge in [0.1, 0.15) is 11.5 Å². The van der Waals surface area contributed by atoms with Gasteiger partial charge in [-0.15, -0.1) is 0 Å². The predicted molar refractivity (Wildman–Crippen MR) is 82.3 cm³/mol. The van der Waals surface area contributed by atoms with Crippen molar-refractivity contribution in [3.63, 3.8) is 0 Å². The molecule has 3 nitrogen and oxygen atoms in total. The number of methoxy groups -OCH3 is 2. The minimum absolute atomic E-state index is 0.463. The molecule has 0 saturated heterocycles. The number of aryl methyl sites for hydroxylation is 2. The Morgan fingerprint density at radius 1 is 0.900 bits per heavy atom. The molecule has 2 N–H and O–H groups in total. The van der Waals surface area contributed by atoms with Gasteiger partial charge in [-0.3, -0.25) is 0 Å². The van der Waals surface area contributed by atoms with Gasteiger partial charge in [0.05, 0.1) is 14.2 Å². The van der Waals surface area contributed by atoms with Gasteiger partial charge in [-0.1, -0.05) is 6.07 Å². The molecule has 0 fully saturated rings. The van der Waals surface area contributed by atoms with Crippen LogP contribution in [0, 0.1) is 13.8 Å². The zero-order valence-electron chi connectivity index (χ0n) is 12.5. The zero-order valence-corrected chi connectivity index (χ0v) is 12.5. The fourth-order valence-corrected chi connectivity index (χ4v) is 2.43. The summed E-state index contributed by atoms with van der Waals surface area (Å²) in [4.78, 5) is 0. The molecule has 0 saturated carbocycles. The van der Waals surface area contributed by atoms with Crippen molar-refractivity contribution in [1.82, 2.24) is 0 Å². The first-order valence-electron chi connectivity index (χ1n) is 6.63. The van der Waals surface area contributed by atoms with Crippen LogP contribution in [0.4, 0.5) is 0 Å². The van der Waals surface area contributed by atoms with Gasteiger partial charge in [0, 0.05) is 12.1 Å². The van der Waals surface area contributed by atoms with E-state index in [1.54, 1.807) is 14.2 Å². The first-order chi connectivity index (χ1) is 9.60. The van der Waals surface area contributed by atoms with E-state index >= 15 is 0 Å².